The molecule has 2 fully saturated rings. The summed E-state index contributed by atoms with van der Waals surface area (Å²) in [6.45, 7) is 9.04. The predicted molar refractivity (Wildman–Crippen MR) is 112 cm³/mol. The first-order valence-electron chi connectivity index (χ1n) is 10.7. The maximum atomic E-state index is 12.9. The Morgan fingerprint density at radius 3 is 2.40 bits per heavy atom. The zero-order valence-corrected chi connectivity index (χ0v) is 18.3. The lowest BCUT2D eigenvalue weighted by molar-refractivity contribution is -0.131. The van der Waals surface area contributed by atoms with Crippen LogP contribution in [0.25, 0.3) is 0 Å². The first-order chi connectivity index (χ1) is 14.2. The van der Waals surface area contributed by atoms with Crippen molar-refractivity contribution in [2.45, 2.75) is 65.2 Å². The van der Waals surface area contributed by atoms with Gasteiger partial charge in [0.25, 0.3) is 0 Å². The third-order valence-corrected chi connectivity index (χ3v) is 5.98. The van der Waals surface area contributed by atoms with Crippen molar-refractivity contribution in [1.82, 2.24) is 9.80 Å². The van der Waals surface area contributed by atoms with Gasteiger partial charge in [-0.1, -0.05) is 44.2 Å². The molecule has 0 spiro atoms. The number of rotatable bonds is 5. The van der Waals surface area contributed by atoms with Crippen molar-refractivity contribution in [3.05, 3.63) is 35.9 Å². The number of hydrogen-bond donors (Lipinski definition) is 0. The molecule has 7 heteroatoms. The standard InChI is InChI=1S/C23H32N2O5/c1-16(2)20-23(3,4)30-22(28)25(20)19(26)14-17-10-12-24(13-11-17)21(27)29-15-18-8-6-5-7-9-18/h5-9,16-17,20H,10-15H2,1-4H3/t20-/m0/s1. The SMILES string of the molecule is CC(C)[C@@H]1N(C(=O)CC2CCN(C(=O)OCc3ccccc3)CC2)C(=O)OC1(C)C. The van der Waals surface area contributed by atoms with Crippen LogP contribution < -0.4 is 0 Å². The minimum absolute atomic E-state index is 0.108. The van der Waals surface area contributed by atoms with Gasteiger partial charge in [-0.05, 0) is 44.1 Å². The molecule has 0 bridgehead atoms. The Kier molecular flexibility index (Phi) is 6.68. The summed E-state index contributed by atoms with van der Waals surface area (Å²) < 4.78 is 10.8. The lowest BCUT2D eigenvalue weighted by Crippen LogP contribution is -2.48. The number of likely N-dealkylation sites (tertiary alicyclic amines) is 1. The number of cyclic esters (lactones) is 1. The molecule has 3 rings (SSSR count). The van der Waals surface area contributed by atoms with Gasteiger partial charge in [-0.2, -0.15) is 0 Å². The summed E-state index contributed by atoms with van der Waals surface area (Å²) in [5.41, 5.74) is 0.263. The number of piperidine rings is 1. The van der Waals surface area contributed by atoms with E-state index in [1.54, 1.807) is 4.90 Å². The molecule has 1 aromatic rings. The van der Waals surface area contributed by atoms with Crippen LogP contribution in [0.5, 0.6) is 0 Å². The molecule has 0 radical (unpaired) electrons. The van der Waals surface area contributed by atoms with Crippen molar-refractivity contribution in [2.75, 3.05) is 13.1 Å². The van der Waals surface area contributed by atoms with Gasteiger partial charge in [0, 0.05) is 19.5 Å². The number of amides is 3. The summed E-state index contributed by atoms with van der Waals surface area (Å²) in [5, 5.41) is 0. The first-order valence-corrected chi connectivity index (χ1v) is 10.7. The molecule has 0 saturated carbocycles. The second-order valence-corrected chi connectivity index (χ2v) is 9.10. The van der Waals surface area contributed by atoms with E-state index in [1.165, 1.54) is 4.90 Å². The normalized spacial score (nSPS) is 21.6. The molecule has 7 nitrogen and oxygen atoms in total. The van der Waals surface area contributed by atoms with Crippen molar-refractivity contribution in [1.29, 1.82) is 0 Å². The van der Waals surface area contributed by atoms with Crippen molar-refractivity contribution in [2.24, 2.45) is 11.8 Å². The fourth-order valence-electron chi connectivity index (χ4n) is 4.59. The van der Waals surface area contributed by atoms with Crippen LogP contribution in [-0.4, -0.2) is 52.6 Å². The lowest BCUT2D eigenvalue weighted by Gasteiger charge is -2.33. The minimum atomic E-state index is -0.688. The van der Waals surface area contributed by atoms with Gasteiger partial charge in [0.05, 0.1) is 6.04 Å². The Balaban J connectivity index is 1.49. The molecule has 2 heterocycles. The molecule has 2 saturated heterocycles. The fourth-order valence-corrected chi connectivity index (χ4v) is 4.59. The second-order valence-electron chi connectivity index (χ2n) is 9.10. The smallest absolute Gasteiger partial charge is 0.417 e. The van der Waals surface area contributed by atoms with E-state index < -0.39 is 11.7 Å². The van der Waals surface area contributed by atoms with Crippen molar-refractivity contribution < 1.29 is 23.9 Å². The van der Waals surface area contributed by atoms with Crippen LogP contribution in [0.2, 0.25) is 0 Å². The molecule has 0 unspecified atom stereocenters. The number of ether oxygens (including phenoxy) is 2. The maximum absolute atomic E-state index is 12.9. The third-order valence-electron chi connectivity index (χ3n) is 5.98. The highest BCUT2D eigenvalue weighted by Gasteiger charge is 2.51. The molecule has 1 atom stereocenters. The second kappa shape index (κ2) is 9.06. The van der Waals surface area contributed by atoms with Gasteiger partial charge >= 0.3 is 12.2 Å². The molecule has 0 aliphatic carbocycles. The molecular formula is C23H32N2O5. The Labute approximate surface area is 178 Å². The van der Waals surface area contributed by atoms with E-state index in [1.807, 2.05) is 58.0 Å². The summed E-state index contributed by atoms with van der Waals surface area (Å²) in [5.74, 6) is 0.0611. The van der Waals surface area contributed by atoms with Crippen molar-refractivity contribution in [3.8, 4) is 0 Å². The van der Waals surface area contributed by atoms with E-state index in [2.05, 4.69) is 0 Å². The number of benzene rings is 1. The Morgan fingerprint density at radius 2 is 1.80 bits per heavy atom. The average Bonchev–Trinajstić information content (AvgIpc) is 2.96. The zero-order chi connectivity index (χ0) is 21.9. The molecule has 3 amide bonds. The fraction of sp³-hybridized carbons (Fsp3) is 0.609. The molecule has 1 aromatic carbocycles. The highest BCUT2D eigenvalue weighted by molar-refractivity contribution is 5.94. The van der Waals surface area contributed by atoms with Crippen LogP contribution in [0, 0.1) is 11.8 Å². The topological polar surface area (TPSA) is 76.2 Å². The number of nitrogens with zero attached hydrogens (tertiary/aromatic N) is 2. The van der Waals surface area contributed by atoms with Crippen LogP contribution >= 0.6 is 0 Å². The summed E-state index contributed by atoms with van der Waals surface area (Å²) in [7, 11) is 0. The number of carbonyl (C=O) groups excluding carboxylic acids is 3. The number of hydrogen-bond acceptors (Lipinski definition) is 5. The predicted octanol–water partition coefficient (Wildman–Crippen LogP) is 4.21. The van der Waals surface area contributed by atoms with Gasteiger partial charge in [-0.15, -0.1) is 0 Å². The van der Waals surface area contributed by atoms with Gasteiger partial charge in [-0.3, -0.25) is 4.79 Å². The van der Waals surface area contributed by atoms with E-state index in [9.17, 15) is 14.4 Å². The van der Waals surface area contributed by atoms with Gasteiger partial charge in [-0.25, -0.2) is 14.5 Å². The van der Waals surface area contributed by atoms with E-state index in [0.717, 1.165) is 5.56 Å². The monoisotopic (exact) mass is 416 g/mol. The molecule has 2 aliphatic rings. The van der Waals surface area contributed by atoms with Gasteiger partial charge < -0.3 is 14.4 Å². The van der Waals surface area contributed by atoms with Crippen LogP contribution in [-0.2, 0) is 20.9 Å². The quantitative estimate of drug-likeness (QED) is 0.719. The van der Waals surface area contributed by atoms with Gasteiger partial charge in [0.1, 0.15) is 12.2 Å². The maximum Gasteiger partial charge on any atom is 0.417 e. The van der Waals surface area contributed by atoms with Crippen molar-refractivity contribution in [3.63, 3.8) is 0 Å². The number of imide groups is 1. The van der Waals surface area contributed by atoms with Gasteiger partial charge in [0.15, 0.2) is 0 Å². The summed E-state index contributed by atoms with van der Waals surface area (Å²) >= 11 is 0. The Morgan fingerprint density at radius 1 is 1.17 bits per heavy atom. The molecular weight excluding hydrogens is 384 g/mol. The zero-order valence-electron chi connectivity index (χ0n) is 18.3. The van der Waals surface area contributed by atoms with Gasteiger partial charge in [0.2, 0.25) is 5.91 Å². The molecule has 0 N–H and O–H groups in total. The molecule has 0 aromatic heterocycles. The summed E-state index contributed by atoms with van der Waals surface area (Å²) in [6.07, 6.45) is 0.843. The Hall–Kier alpha value is -2.57. The molecule has 164 valence electrons. The first kappa shape index (κ1) is 22.1. The lowest BCUT2D eigenvalue weighted by atomic mass is 9.87. The van der Waals surface area contributed by atoms with Crippen LogP contribution in [0.15, 0.2) is 30.3 Å². The van der Waals surface area contributed by atoms with Crippen LogP contribution in [0.4, 0.5) is 9.59 Å². The van der Waals surface area contributed by atoms with E-state index in [-0.39, 0.29) is 36.5 Å². The number of carbonyl (C=O) groups is 3. The van der Waals surface area contributed by atoms with E-state index >= 15 is 0 Å². The molecule has 30 heavy (non-hydrogen) atoms. The Bertz CT molecular complexity index is 769. The minimum Gasteiger partial charge on any atom is -0.445 e. The summed E-state index contributed by atoms with van der Waals surface area (Å²) in [6, 6.07) is 9.30. The van der Waals surface area contributed by atoms with Crippen LogP contribution in [0.3, 0.4) is 0 Å². The van der Waals surface area contributed by atoms with E-state index in [4.69, 9.17) is 9.47 Å². The largest absolute Gasteiger partial charge is 0.445 e. The third kappa shape index (κ3) is 4.94. The van der Waals surface area contributed by atoms with E-state index in [0.29, 0.717) is 32.4 Å². The summed E-state index contributed by atoms with van der Waals surface area (Å²) in [4.78, 5) is 40.6. The average molecular weight is 417 g/mol. The van der Waals surface area contributed by atoms with Crippen LogP contribution in [0.1, 0.15) is 52.5 Å². The highest BCUT2D eigenvalue weighted by Crippen LogP contribution is 2.35. The highest BCUT2D eigenvalue weighted by atomic mass is 16.6. The van der Waals surface area contributed by atoms with Crippen molar-refractivity contribution >= 4 is 18.1 Å². The molecule has 2 aliphatic heterocycles.